The van der Waals surface area contributed by atoms with Gasteiger partial charge in [0.25, 0.3) is 5.69 Å². The standard InChI is InChI=1S/C13H18N2O4S/c1-10(3-2-8-16)14-13(17)9-20-12-6-4-11(5-7-12)15(18)19/h4-7,10,16H,2-3,8-9H2,1H3,(H,14,17). The van der Waals surface area contributed by atoms with E-state index in [0.29, 0.717) is 6.42 Å². The third-order valence-electron chi connectivity index (χ3n) is 2.62. The molecule has 0 spiro atoms. The molecule has 0 radical (unpaired) electrons. The van der Waals surface area contributed by atoms with Crippen LogP contribution in [0.25, 0.3) is 0 Å². The van der Waals surface area contributed by atoms with Crippen molar-refractivity contribution < 1.29 is 14.8 Å². The van der Waals surface area contributed by atoms with Gasteiger partial charge in [0.05, 0.1) is 10.7 Å². The Hall–Kier alpha value is -1.60. The van der Waals surface area contributed by atoms with Crippen molar-refractivity contribution in [2.75, 3.05) is 12.4 Å². The predicted octanol–water partition coefficient (Wildman–Crippen LogP) is 1.96. The summed E-state index contributed by atoms with van der Waals surface area (Å²) in [4.78, 5) is 22.5. The highest BCUT2D eigenvalue weighted by Gasteiger charge is 2.09. The van der Waals surface area contributed by atoms with E-state index in [-0.39, 0.29) is 30.0 Å². The Balaban J connectivity index is 2.35. The lowest BCUT2D eigenvalue weighted by Crippen LogP contribution is -2.33. The number of carbonyl (C=O) groups is 1. The molecular weight excluding hydrogens is 280 g/mol. The van der Waals surface area contributed by atoms with Gasteiger partial charge in [0, 0.05) is 29.7 Å². The molecule has 110 valence electrons. The highest BCUT2D eigenvalue weighted by Crippen LogP contribution is 2.21. The van der Waals surface area contributed by atoms with Gasteiger partial charge in [-0.3, -0.25) is 14.9 Å². The molecule has 0 fully saturated rings. The second-order valence-corrected chi connectivity index (χ2v) is 5.42. The second-order valence-electron chi connectivity index (χ2n) is 4.37. The van der Waals surface area contributed by atoms with Gasteiger partial charge in [0.2, 0.25) is 5.91 Å². The number of nitro groups is 1. The van der Waals surface area contributed by atoms with E-state index < -0.39 is 4.92 Å². The summed E-state index contributed by atoms with van der Waals surface area (Å²) in [5.74, 6) is 0.181. The lowest BCUT2D eigenvalue weighted by atomic mass is 10.2. The molecule has 20 heavy (non-hydrogen) atoms. The molecule has 0 aliphatic heterocycles. The zero-order valence-electron chi connectivity index (χ0n) is 11.2. The first kappa shape index (κ1) is 16.5. The minimum absolute atomic E-state index is 0.0344. The summed E-state index contributed by atoms with van der Waals surface area (Å²) in [6, 6.07) is 6.14. The molecule has 2 N–H and O–H groups in total. The number of hydrogen-bond donors (Lipinski definition) is 2. The fourth-order valence-corrected chi connectivity index (χ4v) is 2.31. The first-order valence-corrected chi connectivity index (χ1v) is 7.29. The van der Waals surface area contributed by atoms with E-state index in [1.165, 1.54) is 23.9 Å². The molecular formula is C13H18N2O4S. The van der Waals surface area contributed by atoms with Crippen LogP contribution in [0.1, 0.15) is 19.8 Å². The van der Waals surface area contributed by atoms with Crippen molar-refractivity contribution in [3.8, 4) is 0 Å². The van der Waals surface area contributed by atoms with Gasteiger partial charge in [-0.25, -0.2) is 0 Å². The fraction of sp³-hybridized carbons (Fsp3) is 0.462. The average molecular weight is 298 g/mol. The monoisotopic (exact) mass is 298 g/mol. The van der Waals surface area contributed by atoms with Crippen LogP contribution in [0.5, 0.6) is 0 Å². The first-order valence-electron chi connectivity index (χ1n) is 6.30. The minimum Gasteiger partial charge on any atom is -0.396 e. The van der Waals surface area contributed by atoms with Crippen molar-refractivity contribution in [3.63, 3.8) is 0 Å². The third kappa shape index (κ3) is 6.03. The number of benzene rings is 1. The number of nitrogens with one attached hydrogen (secondary N) is 1. The van der Waals surface area contributed by atoms with Crippen LogP contribution in [-0.2, 0) is 4.79 Å². The van der Waals surface area contributed by atoms with Crippen molar-refractivity contribution in [3.05, 3.63) is 34.4 Å². The van der Waals surface area contributed by atoms with E-state index >= 15 is 0 Å². The summed E-state index contributed by atoms with van der Waals surface area (Å²) < 4.78 is 0. The molecule has 7 heteroatoms. The van der Waals surface area contributed by atoms with Crippen molar-refractivity contribution in [2.45, 2.75) is 30.7 Å². The van der Waals surface area contributed by atoms with Gasteiger partial charge in [-0.2, -0.15) is 0 Å². The number of carbonyl (C=O) groups excluding carboxylic acids is 1. The van der Waals surface area contributed by atoms with E-state index in [4.69, 9.17) is 5.11 Å². The number of nitro benzene ring substituents is 1. The number of non-ortho nitro benzene ring substituents is 1. The quantitative estimate of drug-likeness (QED) is 0.435. The molecule has 0 saturated carbocycles. The molecule has 1 aromatic carbocycles. The van der Waals surface area contributed by atoms with Crippen LogP contribution >= 0.6 is 11.8 Å². The molecule has 0 aliphatic carbocycles. The van der Waals surface area contributed by atoms with Gasteiger partial charge < -0.3 is 10.4 Å². The van der Waals surface area contributed by atoms with Gasteiger partial charge in [-0.05, 0) is 31.9 Å². The molecule has 1 rings (SSSR count). The van der Waals surface area contributed by atoms with Crippen LogP contribution in [0, 0.1) is 10.1 Å². The topological polar surface area (TPSA) is 92.5 Å². The van der Waals surface area contributed by atoms with Crippen molar-refractivity contribution in [1.82, 2.24) is 5.32 Å². The fourth-order valence-electron chi connectivity index (χ4n) is 1.60. The van der Waals surface area contributed by atoms with Crippen LogP contribution in [0.3, 0.4) is 0 Å². The van der Waals surface area contributed by atoms with E-state index in [2.05, 4.69) is 5.32 Å². The smallest absolute Gasteiger partial charge is 0.269 e. The summed E-state index contributed by atoms with van der Waals surface area (Å²) in [5.41, 5.74) is 0.0384. The van der Waals surface area contributed by atoms with E-state index in [1.54, 1.807) is 12.1 Å². The van der Waals surface area contributed by atoms with Crippen LogP contribution in [0.4, 0.5) is 5.69 Å². The van der Waals surface area contributed by atoms with E-state index in [0.717, 1.165) is 11.3 Å². The van der Waals surface area contributed by atoms with E-state index in [9.17, 15) is 14.9 Å². The Morgan fingerprint density at radius 1 is 1.45 bits per heavy atom. The van der Waals surface area contributed by atoms with Crippen molar-refractivity contribution >= 4 is 23.4 Å². The summed E-state index contributed by atoms with van der Waals surface area (Å²) in [5, 5.41) is 22.0. The molecule has 0 bridgehead atoms. The van der Waals surface area contributed by atoms with Gasteiger partial charge in [-0.1, -0.05) is 0 Å². The highest BCUT2D eigenvalue weighted by atomic mass is 32.2. The molecule has 1 amide bonds. The SMILES string of the molecule is CC(CCCO)NC(=O)CSc1ccc([N+](=O)[O-])cc1. The zero-order chi connectivity index (χ0) is 15.0. The highest BCUT2D eigenvalue weighted by molar-refractivity contribution is 8.00. The molecule has 1 atom stereocenters. The van der Waals surface area contributed by atoms with Crippen LogP contribution in [0.2, 0.25) is 0 Å². The Labute approximate surface area is 121 Å². The first-order chi connectivity index (χ1) is 9.52. The number of amides is 1. The summed E-state index contributed by atoms with van der Waals surface area (Å²) in [6.07, 6.45) is 1.40. The zero-order valence-corrected chi connectivity index (χ0v) is 12.1. The summed E-state index contributed by atoms with van der Waals surface area (Å²) >= 11 is 1.33. The molecule has 1 aromatic rings. The maximum Gasteiger partial charge on any atom is 0.269 e. The number of aliphatic hydroxyl groups is 1. The molecule has 6 nitrogen and oxygen atoms in total. The third-order valence-corrected chi connectivity index (χ3v) is 3.63. The van der Waals surface area contributed by atoms with Crippen LogP contribution in [-0.4, -0.2) is 34.3 Å². The average Bonchev–Trinajstić information content (AvgIpc) is 2.43. The van der Waals surface area contributed by atoms with Crippen molar-refractivity contribution in [1.29, 1.82) is 0 Å². The lowest BCUT2D eigenvalue weighted by Gasteiger charge is -2.12. The molecule has 0 aliphatic rings. The molecule has 0 saturated heterocycles. The number of aliphatic hydroxyl groups excluding tert-OH is 1. The Morgan fingerprint density at radius 3 is 2.65 bits per heavy atom. The Morgan fingerprint density at radius 2 is 2.10 bits per heavy atom. The number of rotatable bonds is 8. The lowest BCUT2D eigenvalue weighted by molar-refractivity contribution is -0.384. The van der Waals surface area contributed by atoms with Gasteiger partial charge in [0.1, 0.15) is 0 Å². The van der Waals surface area contributed by atoms with Gasteiger partial charge in [0.15, 0.2) is 0 Å². The number of nitrogens with zero attached hydrogens (tertiary/aromatic N) is 1. The Bertz CT molecular complexity index is 450. The van der Waals surface area contributed by atoms with Gasteiger partial charge in [-0.15, -0.1) is 11.8 Å². The molecule has 0 aromatic heterocycles. The summed E-state index contributed by atoms with van der Waals surface area (Å²) in [7, 11) is 0. The summed E-state index contributed by atoms with van der Waals surface area (Å²) in [6.45, 7) is 2.02. The number of thioether (sulfide) groups is 1. The van der Waals surface area contributed by atoms with Crippen LogP contribution in [0.15, 0.2) is 29.2 Å². The molecule has 1 unspecified atom stereocenters. The largest absolute Gasteiger partial charge is 0.396 e. The van der Waals surface area contributed by atoms with Crippen molar-refractivity contribution in [2.24, 2.45) is 0 Å². The number of hydrogen-bond acceptors (Lipinski definition) is 5. The van der Waals surface area contributed by atoms with Gasteiger partial charge >= 0.3 is 0 Å². The maximum absolute atomic E-state index is 11.7. The second kappa shape index (κ2) is 8.55. The Kier molecular flexibility index (Phi) is 7.03. The molecule has 0 heterocycles. The predicted molar refractivity (Wildman–Crippen MR) is 77.7 cm³/mol. The minimum atomic E-state index is -0.454. The van der Waals surface area contributed by atoms with E-state index in [1.807, 2.05) is 6.92 Å². The maximum atomic E-state index is 11.7. The normalized spacial score (nSPS) is 11.9. The van der Waals surface area contributed by atoms with Crippen LogP contribution < -0.4 is 5.32 Å².